The molecule has 1 aromatic carbocycles. The number of piperidine rings is 1. The first-order valence-corrected chi connectivity index (χ1v) is 10.9. The molecule has 0 aliphatic carbocycles. The summed E-state index contributed by atoms with van der Waals surface area (Å²) in [6.07, 6.45) is 3.80. The SMILES string of the molecule is C[C@H]1CCCCN1C(=O)CN1CCCN(Cc2ccccc2Cl)S1(=O)=O. The van der Waals surface area contributed by atoms with Gasteiger partial charge in [-0.1, -0.05) is 29.8 Å². The Morgan fingerprint density at radius 1 is 1.12 bits per heavy atom. The van der Waals surface area contributed by atoms with Crippen LogP contribution >= 0.6 is 11.6 Å². The standard InChI is InChI=1S/C18H26ClN3O3S/c1-15-7-4-5-12-22(15)18(23)14-21-11-6-10-20(26(21,24)25)13-16-8-2-3-9-17(16)19/h2-3,8-9,15H,4-7,10-14H2,1H3/t15-/m0/s1. The summed E-state index contributed by atoms with van der Waals surface area (Å²) >= 11 is 6.18. The lowest BCUT2D eigenvalue weighted by Gasteiger charge is -2.38. The maximum atomic E-state index is 13.0. The van der Waals surface area contributed by atoms with E-state index in [0.29, 0.717) is 24.5 Å². The molecule has 2 aliphatic heterocycles. The molecule has 6 nitrogen and oxygen atoms in total. The highest BCUT2D eigenvalue weighted by molar-refractivity contribution is 7.86. The van der Waals surface area contributed by atoms with Crippen LogP contribution in [0.5, 0.6) is 0 Å². The van der Waals surface area contributed by atoms with Gasteiger partial charge in [-0.25, -0.2) is 0 Å². The third kappa shape index (κ3) is 4.22. The molecule has 0 N–H and O–H groups in total. The molecule has 1 amide bonds. The zero-order chi connectivity index (χ0) is 18.7. The molecule has 0 aromatic heterocycles. The van der Waals surface area contributed by atoms with E-state index in [1.807, 2.05) is 30.0 Å². The summed E-state index contributed by atoms with van der Waals surface area (Å²) in [7, 11) is -3.67. The molecule has 1 aromatic rings. The largest absolute Gasteiger partial charge is 0.339 e. The molecule has 0 radical (unpaired) electrons. The number of benzene rings is 1. The molecule has 26 heavy (non-hydrogen) atoms. The molecule has 0 spiro atoms. The van der Waals surface area contributed by atoms with Crippen molar-refractivity contribution in [1.82, 2.24) is 13.5 Å². The Labute approximate surface area is 160 Å². The van der Waals surface area contributed by atoms with Gasteiger partial charge >= 0.3 is 0 Å². The van der Waals surface area contributed by atoms with Crippen molar-refractivity contribution in [2.75, 3.05) is 26.2 Å². The number of halogens is 1. The Morgan fingerprint density at radius 2 is 1.85 bits per heavy atom. The van der Waals surface area contributed by atoms with E-state index in [9.17, 15) is 13.2 Å². The lowest BCUT2D eigenvalue weighted by Crippen LogP contribution is -2.54. The van der Waals surface area contributed by atoms with Crippen molar-refractivity contribution in [1.29, 1.82) is 0 Å². The Morgan fingerprint density at radius 3 is 2.58 bits per heavy atom. The van der Waals surface area contributed by atoms with Crippen molar-refractivity contribution in [3.63, 3.8) is 0 Å². The summed E-state index contributed by atoms with van der Waals surface area (Å²) < 4.78 is 28.7. The number of carbonyl (C=O) groups excluding carboxylic acids is 1. The number of hydrogen-bond acceptors (Lipinski definition) is 3. The van der Waals surface area contributed by atoms with Gasteiger partial charge in [-0.3, -0.25) is 4.79 Å². The maximum Gasteiger partial charge on any atom is 0.282 e. The van der Waals surface area contributed by atoms with Crippen LogP contribution in [0.2, 0.25) is 5.02 Å². The molecule has 2 saturated heterocycles. The third-order valence-corrected chi connectivity index (χ3v) is 7.50. The Bertz CT molecular complexity index is 756. The predicted molar refractivity (Wildman–Crippen MR) is 102 cm³/mol. The van der Waals surface area contributed by atoms with Crippen molar-refractivity contribution in [3.8, 4) is 0 Å². The fourth-order valence-electron chi connectivity index (χ4n) is 3.67. The molecule has 2 heterocycles. The minimum Gasteiger partial charge on any atom is -0.339 e. The number of nitrogens with zero attached hydrogens (tertiary/aromatic N) is 3. The average Bonchev–Trinajstić information content (AvgIpc) is 2.60. The summed E-state index contributed by atoms with van der Waals surface area (Å²) in [5.41, 5.74) is 0.774. The van der Waals surface area contributed by atoms with E-state index in [2.05, 4.69) is 0 Å². The molecule has 0 saturated carbocycles. The highest BCUT2D eigenvalue weighted by atomic mass is 35.5. The zero-order valence-electron chi connectivity index (χ0n) is 15.1. The zero-order valence-corrected chi connectivity index (χ0v) is 16.7. The number of rotatable bonds is 4. The van der Waals surface area contributed by atoms with Crippen LogP contribution in [0.1, 0.15) is 38.2 Å². The molecule has 2 fully saturated rings. The van der Waals surface area contributed by atoms with E-state index >= 15 is 0 Å². The van der Waals surface area contributed by atoms with Gasteiger partial charge in [0.05, 0.1) is 6.54 Å². The van der Waals surface area contributed by atoms with Gasteiger partial charge in [-0.15, -0.1) is 0 Å². The quantitative estimate of drug-likeness (QED) is 0.781. The number of carbonyl (C=O) groups is 1. The minimum atomic E-state index is -3.67. The second kappa shape index (κ2) is 8.25. The summed E-state index contributed by atoms with van der Waals surface area (Å²) in [5.74, 6) is -0.0969. The Hall–Kier alpha value is -1.15. The summed E-state index contributed by atoms with van der Waals surface area (Å²) in [5, 5.41) is 0.554. The first-order chi connectivity index (χ1) is 12.4. The van der Waals surface area contributed by atoms with Gasteiger partial charge in [-0.2, -0.15) is 17.0 Å². The lowest BCUT2D eigenvalue weighted by molar-refractivity contribution is -0.134. The van der Waals surface area contributed by atoms with Crippen molar-refractivity contribution in [2.24, 2.45) is 0 Å². The fourth-order valence-corrected chi connectivity index (χ4v) is 5.48. The molecular weight excluding hydrogens is 374 g/mol. The Kier molecular flexibility index (Phi) is 6.22. The van der Waals surface area contributed by atoms with Crippen LogP contribution in [0.25, 0.3) is 0 Å². The molecule has 0 bridgehead atoms. The van der Waals surface area contributed by atoms with E-state index in [1.165, 1.54) is 8.61 Å². The molecule has 8 heteroatoms. The van der Waals surface area contributed by atoms with E-state index in [1.54, 1.807) is 6.07 Å². The second-order valence-corrected chi connectivity index (χ2v) is 9.39. The van der Waals surface area contributed by atoms with Crippen LogP contribution < -0.4 is 0 Å². The van der Waals surface area contributed by atoms with Gasteiger partial charge < -0.3 is 4.90 Å². The number of likely N-dealkylation sites (tertiary alicyclic amines) is 1. The highest BCUT2D eigenvalue weighted by Gasteiger charge is 2.36. The first kappa shape index (κ1) is 19.6. The van der Waals surface area contributed by atoms with E-state index < -0.39 is 10.2 Å². The number of hydrogen-bond donors (Lipinski definition) is 0. The van der Waals surface area contributed by atoms with Gasteiger partial charge in [-0.05, 0) is 44.2 Å². The van der Waals surface area contributed by atoms with Crippen LogP contribution in [0.15, 0.2) is 24.3 Å². The Balaban J connectivity index is 1.70. The summed E-state index contributed by atoms with van der Waals surface area (Å²) in [6.45, 7) is 3.73. The van der Waals surface area contributed by atoms with Crippen molar-refractivity contribution < 1.29 is 13.2 Å². The monoisotopic (exact) mass is 399 g/mol. The second-order valence-electron chi connectivity index (χ2n) is 7.05. The minimum absolute atomic E-state index is 0.0777. The molecule has 1 atom stereocenters. The molecule has 3 rings (SSSR count). The first-order valence-electron chi connectivity index (χ1n) is 9.17. The average molecular weight is 400 g/mol. The normalized spacial score (nSPS) is 24.5. The van der Waals surface area contributed by atoms with Gasteiger partial charge in [0.1, 0.15) is 0 Å². The van der Waals surface area contributed by atoms with Crippen molar-refractivity contribution >= 4 is 27.7 Å². The van der Waals surface area contributed by atoms with E-state index in [4.69, 9.17) is 11.6 Å². The van der Waals surface area contributed by atoms with Gasteiger partial charge in [0.15, 0.2) is 0 Å². The van der Waals surface area contributed by atoms with E-state index in [-0.39, 0.29) is 25.0 Å². The van der Waals surface area contributed by atoms with Crippen LogP contribution in [0, 0.1) is 0 Å². The maximum absolute atomic E-state index is 13.0. The summed E-state index contributed by atoms with van der Waals surface area (Å²) in [6, 6.07) is 7.44. The van der Waals surface area contributed by atoms with Crippen LogP contribution in [0.4, 0.5) is 0 Å². The third-order valence-electron chi connectivity index (χ3n) is 5.21. The van der Waals surface area contributed by atoms with Crippen LogP contribution in [-0.2, 0) is 21.5 Å². The van der Waals surface area contributed by atoms with Crippen LogP contribution in [0.3, 0.4) is 0 Å². The van der Waals surface area contributed by atoms with Gasteiger partial charge in [0.2, 0.25) is 5.91 Å². The van der Waals surface area contributed by atoms with Crippen LogP contribution in [-0.4, -0.2) is 60.1 Å². The molecular formula is C18H26ClN3O3S. The molecule has 144 valence electrons. The van der Waals surface area contributed by atoms with Gasteiger partial charge in [0.25, 0.3) is 10.2 Å². The number of amides is 1. The topological polar surface area (TPSA) is 60.9 Å². The molecule has 0 unspecified atom stereocenters. The van der Waals surface area contributed by atoms with Crippen molar-refractivity contribution in [2.45, 2.75) is 45.2 Å². The predicted octanol–water partition coefficient (Wildman–Crippen LogP) is 2.49. The lowest BCUT2D eigenvalue weighted by atomic mass is 10.0. The highest BCUT2D eigenvalue weighted by Crippen LogP contribution is 2.24. The smallest absolute Gasteiger partial charge is 0.282 e. The fraction of sp³-hybridized carbons (Fsp3) is 0.611. The van der Waals surface area contributed by atoms with Gasteiger partial charge in [0, 0.05) is 37.2 Å². The molecule has 2 aliphatic rings. The van der Waals surface area contributed by atoms with Crippen molar-refractivity contribution in [3.05, 3.63) is 34.9 Å². The summed E-state index contributed by atoms with van der Waals surface area (Å²) in [4.78, 5) is 14.5. The van der Waals surface area contributed by atoms with E-state index in [0.717, 1.165) is 31.4 Å².